The second-order valence-electron chi connectivity index (χ2n) is 5.65. The molecule has 1 amide bonds. The third-order valence-electron chi connectivity index (χ3n) is 3.87. The average molecular weight is 359 g/mol. The molecule has 27 heavy (non-hydrogen) atoms. The Morgan fingerprint density at radius 2 is 2.15 bits per heavy atom. The maximum atomic E-state index is 12.5. The number of amides is 1. The van der Waals surface area contributed by atoms with E-state index in [2.05, 4.69) is 10.3 Å². The summed E-state index contributed by atoms with van der Waals surface area (Å²) in [6, 6.07) is 15.5. The number of ether oxygens (including phenoxy) is 1. The molecule has 2 N–H and O–H groups in total. The molecule has 6 heteroatoms. The number of fused-ring (bicyclic) bond motifs is 1. The lowest BCUT2D eigenvalue weighted by atomic mass is 10.1. The topological polar surface area (TPSA) is 95.2 Å². The van der Waals surface area contributed by atoms with Gasteiger partial charge in [0.1, 0.15) is 23.1 Å². The van der Waals surface area contributed by atoms with Crippen LogP contribution in [0.2, 0.25) is 0 Å². The van der Waals surface area contributed by atoms with Crippen LogP contribution < -0.4 is 10.1 Å². The van der Waals surface area contributed by atoms with Crippen molar-refractivity contribution in [3.63, 3.8) is 0 Å². The number of rotatable bonds is 5. The first-order valence-electron chi connectivity index (χ1n) is 8.35. The molecule has 0 bridgehead atoms. The number of anilines is 1. The number of phenolic OH excluding ortho intramolecular Hbond substituents is 1. The van der Waals surface area contributed by atoms with E-state index in [1.165, 1.54) is 12.1 Å². The lowest BCUT2D eigenvalue weighted by Crippen LogP contribution is -2.13. The summed E-state index contributed by atoms with van der Waals surface area (Å²) in [5, 5.41) is 23.0. The molecular formula is C21H17N3O3. The quantitative estimate of drug-likeness (QED) is 0.532. The molecule has 134 valence electrons. The van der Waals surface area contributed by atoms with Crippen molar-refractivity contribution in [3.05, 3.63) is 65.9 Å². The fourth-order valence-corrected chi connectivity index (χ4v) is 2.61. The smallest absolute Gasteiger partial charge is 0.266 e. The molecule has 3 aromatic rings. The Kier molecular flexibility index (Phi) is 5.33. The van der Waals surface area contributed by atoms with Crippen molar-refractivity contribution in [2.24, 2.45) is 0 Å². The minimum atomic E-state index is -0.567. The minimum absolute atomic E-state index is 0.0733. The van der Waals surface area contributed by atoms with Gasteiger partial charge >= 0.3 is 0 Å². The first kappa shape index (κ1) is 18.0. The molecule has 0 aliphatic carbocycles. The average Bonchev–Trinajstić information content (AvgIpc) is 2.68. The van der Waals surface area contributed by atoms with Crippen LogP contribution in [0.15, 0.2) is 60.3 Å². The molecule has 0 aliphatic heterocycles. The predicted octanol–water partition coefficient (Wildman–Crippen LogP) is 3.88. The summed E-state index contributed by atoms with van der Waals surface area (Å²) in [6.07, 6.45) is 3.01. The first-order valence-corrected chi connectivity index (χ1v) is 8.35. The van der Waals surface area contributed by atoms with Crippen molar-refractivity contribution >= 4 is 28.6 Å². The van der Waals surface area contributed by atoms with E-state index in [-0.39, 0.29) is 11.3 Å². The Bertz CT molecular complexity index is 1060. The maximum Gasteiger partial charge on any atom is 0.266 e. The summed E-state index contributed by atoms with van der Waals surface area (Å²) in [5.74, 6) is -0.128. The predicted molar refractivity (Wildman–Crippen MR) is 103 cm³/mol. The third kappa shape index (κ3) is 4.05. The Labute approximate surface area is 156 Å². The van der Waals surface area contributed by atoms with Gasteiger partial charge in [-0.25, -0.2) is 0 Å². The zero-order valence-corrected chi connectivity index (χ0v) is 14.6. The number of nitriles is 1. The van der Waals surface area contributed by atoms with Gasteiger partial charge in [-0.15, -0.1) is 0 Å². The number of nitrogens with zero attached hydrogens (tertiary/aromatic N) is 2. The van der Waals surface area contributed by atoms with E-state index in [0.717, 1.165) is 10.9 Å². The van der Waals surface area contributed by atoms with Crippen molar-refractivity contribution in [1.29, 1.82) is 5.26 Å². The molecule has 0 atom stereocenters. The van der Waals surface area contributed by atoms with Gasteiger partial charge in [0.2, 0.25) is 0 Å². The summed E-state index contributed by atoms with van der Waals surface area (Å²) in [4.78, 5) is 16.8. The fourth-order valence-electron chi connectivity index (χ4n) is 2.61. The number of nitrogens with one attached hydrogen (secondary N) is 1. The van der Waals surface area contributed by atoms with Gasteiger partial charge in [-0.3, -0.25) is 9.78 Å². The van der Waals surface area contributed by atoms with Crippen molar-refractivity contribution in [2.75, 3.05) is 11.9 Å². The summed E-state index contributed by atoms with van der Waals surface area (Å²) in [5.41, 5.74) is 1.52. The zero-order chi connectivity index (χ0) is 19.2. The summed E-state index contributed by atoms with van der Waals surface area (Å²) < 4.78 is 5.31. The molecular weight excluding hydrogens is 342 g/mol. The summed E-state index contributed by atoms with van der Waals surface area (Å²) in [6.45, 7) is 2.31. The number of aromatic hydroxyl groups is 1. The summed E-state index contributed by atoms with van der Waals surface area (Å²) >= 11 is 0. The normalized spacial score (nSPS) is 11.0. The first-order chi connectivity index (χ1) is 13.1. The van der Waals surface area contributed by atoms with E-state index in [9.17, 15) is 15.2 Å². The number of hydrogen-bond acceptors (Lipinski definition) is 5. The van der Waals surface area contributed by atoms with Crippen LogP contribution >= 0.6 is 0 Å². The van der Waals surface area contributed by atoms with Gasteiger partial charge in [0.15, 0.2) is 0 Å². The Hall–Kier alpha value is -3.85. The monoisotopic (exact) mass is 359 g/mol. The molecule has 0 spiro atoms. The Balaban J connectivity index is 1.88. The van der Waals surface area contributed by atoms with Gasteiger partial charge in [0.25, 0.3) is 5.91 Å². The number of benzene rings is 2. The number of carbonyl (C=O) groups excluding carboxylic acids is 1. The highest BCUT2D eigenvalue weighted by Gasteiger charge is 2.13. The zero-order valence-electron chi connectivity index (χ0n) is 14.6. The lowest BCUT2D eigenvalue weighted by Gasteiger charge is -2.08. The van der Waals surface area contributed by atoms with Crippen LogP contribution in [0.25, 0.3) is 17.0 Å². The number of pyridine rings is 1. The molecule has 2 aromatic carbocycles. The maximum absolute atomic E-state index is 12.5. The van der Waals surface area contributed by atoms with Crippen molar-refractivity contribution in [2.45, 2.75) is 6.92 Å². The second kappa shape index (κ2) is 8.02. The van der Waals surface area contributed by atoms with E-state index in [1.54, 1.807) is 36.5 Å². The highest BCUT2D eigenvalue weighted by Crippen LogP contribution is 2.26. The van der Waals surface area contributed by atoms with E-state index in [0.29, 0.717) is 23.6 Å². The van der Waals surface area contributed by atoms with Crippen LogP contribution in [0.5, 0.6) is 11.5 Å². The van der Waals surface area contributed by atoms with Crippen LogP contribution in [0.3, 0.4) is 0 Å². The van der Waals surface area contributed by atoms with E-state index in [1.807, 2.05) is 25.1 Å². The van der Waals surface area contributed by atoms with Gasteiger partial charge in [-0.05, 0) is 49.4 Å². The largest absolute Gasteiger partial charge is 0.507 e. The molecule has 1 heterocycles. The van der Waals surface area contributed by atoms with Gasteiger partial charge in [0, 0.05) is 23.2 Å². The number of phenols is 1. The molecule has 0 radical (unpaired) electrons. The molecule has 1 aromatic heterocycles. The molecule has 3 rings (SSSR count). The van der Waals surface area contributed by atoms with Crippen LogP contribution in [-0.2, 0) is 4.79 Å². The van der Waals surface area contributed by atoms with E-state index < -0.39 is 5.91 Å². The standard InChI is InChI=1S/C21H17N3O3/c1-2-27-16-9-8-14(20(25)12-16)11-15(13-22)21(26)24-19-7-3-6-18-17(19)5-4-10-23-18/h3-12,25H,2H2,1H3,(H,24,26). The van der Waals surface area contributed by atoms with Crippen molar-refractivity contribution in [3.8, 4) is 17.6 Å². The third-order valence-corrected chi connectivity index (χ3v) is 3.87. The molecule has 0 saturated heterocycles. The van der Waals surface area contributed by atoms with Gasteiger partial charge in [0.05, 0.1) is 17.8 Å². The highest BCUT2D eigenvalue weighted by atomic mass is 16.5. The Morgan fingerprint density at radius 3 is 2.89 bits per heavy atom. The van der Waals surface area contributed by atoms with Crippen molar-refractivity contribution in [1.82, 2.24) is 4.98 Å². The SMILES string of the molecule is CCOc1ccc(C=C(C#N)C(=O)Nc2cccc3ncccc23)c(O)c1. The Morgan fingerprint density at radius 1 is 1.30 bits per heavy atom. The van der Waals surface area contributed by atoms with Gasteiger partial charge in [-0.2, -0.15) is 5.26 Å². The van der Waals surface area contributed by atoms with Crippen LogP contribution in [0, 0.1) is 11.3 Å². The molecule has 6 nitrogen and oxygen atoms in total. The lowest BCUT2D eigenvalue weighted by molar-refractivity contribution is -0.112. The van der Waals surface area contributed by atoms with Gasteiger partial charge in [-0.1, -0.05) is 6.07 Å². The van der Waals surface area contributed by atoms with Gasteiger partial charge < -0.3 is 15.2 Å². The minimum Gasteiger partial charge on any atom is -0.507 e. The molecule has 0 fully saturated rings. The summed E-state index contributed by atoms with van der Waals surface area (Å²) in [7, 11) is 0. The molecule has 0 aliphatic rings. The van der Waals surface area contributed by atoms with Crippen LogP contribution in [-0.4, -0.2) is 22.6 Å². The second-order valence-corrected chi connectivity index (χ2v) is 5.65. The van der Waals surface area contributed by atoms with E-state index >= 15 is 0 Å². The molecule has 0 unspecified atom stereocenters. The highest BCUT2D eigenvalue weighted by molar-refractivity contribution is 6.12. The number of hydrogen-bond donors (Lipinski definition) is 2. The van der Waals surface area contributed by atoms with Crippen molar-refractivity contribution < 1.29 is 14.6 Å². The van der Waals surface area contributed by atoms with Crippen LogP contribution in [0.4, 0.5) is 5.69 Å². The van der Waals surface area contributed by atoms with Crippen LogP contribution in [0.1, 0.15) is 12.5 Å². The number of carbonyl (C=O) groups is 1. The number of aromatic nitrogens is 1. The molecule has 0 saturated carbocycles. The fraction of sp³-hybridized carbons (Fsp3) is 0.0952. The van der Waals surface area contributed by atoms with E-state index in [4.69, 9.17) is 4.74 Å².